The summed E-state index contributed by atoms with van der Waals surface area (Å²) in [5, 5.41) is 15.6. The van der Waals surface area contributed by atoms with E-state index in [0.29, 0.717) is 23.4 Å². The number of urea groups is 1. The molecule has 4 rings (SSSR count). The number of hydrogen-bond acceptors (Lipinski definition) is 3. The molecule has 2 heterocycles. The number of hydrogen-bond donors (Lipinski definition) is 3. The number of amides is 3. The summed E-state index contributed by atoms with van der Waals surface area (Å²) < 4.78 is 0. The first-order valence-electron chi connectivity index (χ1n) is 8.46. The minimum Gasteiger partial charge on any atom is -0.506 e. The molecule has 0 saturated carbocycles. The lowest BCUT2D eigenvalue weighted by Gasteiger charge is -2.34. The Labute approximate surface area is 161 Å². The zero-order valence-electron chi connectivity index (χ0n) is 14.7. The standard InChI is InChI=1S/C20H18ClN3O3/c1-11-3-5-14(6-4-11)20(12(2)22-19(27)23-20)10-24-9-13-7-17(25)16(21)8-15(13)18(24)26/h3-8,25H,2,9-10H2,1H3,(H2,22,23,27). The third-order valence-electron chi connectivity index (χ3n) is 5.13. The second-order valence-electron chi connectivity index (χ2n) is 6.95. The van der Waals surface area contributed by atoms with E-state index >= 15 is 0 Å². The number of carbonyl (C=O) groups excluding carboxylic acids is 2. The van der Waals surface area contributed by atoms with Crippen LogP contribution in [0.5, 0.6) is 5.75 Å². The molecule has 2 aliphatic rings. The van der Waals surface area contributed by atoms with Crippen molar-refractivity contribution in [1.82, 2.24) is 15.5 Å². The van der Waals surface area contributed by atoms with Gasteiger partial charge in [-0.05, 0) is 30.2 Å². The van der Waals surface area contributed by atoms with Gasteiger partial charge in [0.2, 0.25) is 0 Å². The lowest BCUT2D eigenvalue weighted by atomic mass is 9.87. The number of nitrogens with one attached hydrogen (secondary N) is 2. The molecule has 3 amide bonds. The van der Waals surface area contributed by atoms with Crippen molar-refractivity contribution in [1.29, 1.82) is 0 Å². The zero-order valence-corrected chi connectivity index (χ0v) is 15.4. The quantitative estimate of drug-likeness (QED) is 0.762. The van der Waals surface area contributed by atoms with Gasteiger partial charge in [-0.3, -0.25) is 4.79 Å². The summed E-state index contributed by atoms with van der Waals surface area (Å²) in [5.41, 5.74) is 2.63. The average molecular weight is 384 g/mol. The average Bonchev–Trinajstić information content (AvgIpc) is 3.06. The van der Waals surface area contributed by atoms with Crippen LogP contribution in [0, 0.1) is 6.92 Å². The molecule has 0 aliphatic carbocycles. The molecule has 1 saturated heterocycles. The molecule has 138 valence electrons. The summed E-state index contributed by atoms with van der Waals surface area (Å²) in [6.07, 6.45) is 0. The van der Waals surface area contributed by atoms with Gasteiger partial charge in [-0.15, -0.1) is 0 Å². The van der Waals surface area contributed by atoms with E-state index in [-0.39, 0.29) is 29.3 Å². The predicted octanol–water partition coefficient (Wildman–Crippen LogP) is 3.03. The zero-order chi connectivity index (χ0) is 19.3. The number of benzene rings is 2. The van der Waals surface area contributed by atoms with Crippen LogP contribution in [0.2, 0.25) is 5.02 Å². The number of nitrogens with zero attached hydrogens (tertiary/aromatic N) is 1. The molecule has 0 bridgehead atoms. The van der Waals surface area contributed by atoms with Crippen molar-refractivity contribution < 1.29 is 14.7 Å². The van der Waals surface area contributed by atoms with Crippen molar-refractivity contribution in [2.24, 2.45) is 0 Å². The van der Waals surface area contributed by atoms with E-state index in [1.54, 1.807) is 4.90 Å². The highest BCUT2D eigenvalue weighted by Crippen LogP contribution is 2.37. The van der Waals surface area contributed by atoms with Crippen LogP contribution in [0.15, 0.2) is 48.7 Å². The lowest BCUT2D eigenvalue weighted by molar-refractivity contribution is 0.0741. The van der Waals surface area contributed by atoms with E-state index in [0.717, 1.165) is 11.1 Å². The summed E-state index contributed by atoms with van der Waals surface area (Å²) in [5.74, 6) is -0.258. The van der Waals surface area contributed by atoms with E-state index in [2.05, 4.69) is 17.2 Å². The predicted molar refractivity (Wildman–Crippen MR) is 102 cm³/mol. The Balaban J connectivity index is 1.72. The van der Waals surface area contributed by atoms with E-state index in [1.165, 1.54) is 12.1 Å². The number of phenolic OH excluding ortho intramolecular Hbond substituents is 1. The van der Waals surface area contributed by atoms with E-state index < -0.39 is 5.54 Å². The molecule has 2 aliphatic heterocycles. The Morgan fingerprint density at radius 2 is 1.96 bits per heavy atom. The minimum absolute atomic E-state index is 0.0569. The molecular formula is C20H18ClN3O3. The largest absolute Gasteiger partial charge is 0.506 e. The number of fused-ring (bicyclic) bond motifs is 1. The van der Waals surface area contributed by atoms with Crippen molar-refractivity contribution >= 4 is 23.5 Å². The number of aromatic hydroxyl groups is 1. The van der Waals surface area contributed by atoms with Crippen molar-refractivity contribution in [3.63, 3.8) is 0 Å². The Hall–Kier alpha value is -2.99. The van der Waals surface area contributed by atoms with Gasteiger partial charge in [-0.1, -0.05) is 48.0 Å². The van der Waals surface area contributed by atoms with Gasteiger partial charge in [0.05, 0.1) is 11.6 Å². The van der Waals surface area contributed by atoms with Gasteiger partial charge in [0.1, 0.15) is 11.3 Å². The van der Waals surface area contributed by atoms with Gasteiger partial charge in [0.15, 0.2) is 0 Å². The van der Waals surface area contributed by atoms with Crippen molar-refractivity contribution in [3.8, 4) is 5.75 Å². The second kappa shape index (κ2) is 6.03. The van der Waals surface area contributed by atoms with Crippen LogP contribution in [0.1, 0.15) is 27.0 Å². The Morgan fingerprint density at radius 1 is 1.26 bits per heavy atom. The Bertz CT molecular complexity index is 987. The third-order valence-corrected chi connectivity index (χ3v) is 5.43. The van der Waals surface area contributed by atoms with Crippen LogP contribution in [0.3, 0.4) is 0 Å². The van der Waals surface area contributed by atoms with Crippen LogP contribution < -0.4 is 10.6 Å². The molecule has 7 heteroatoms. The van der Waals surface area contributed by atoms with Gasteiger partial charge in [-0.2, -0.15) is 0 Å². The molecular weight excluding hydrogens is 366 g/mol. The van der Waals surface area contributed by atoms with Crippen LogP contribution in [-0.2, 0) is 12.1 Å². The molecule has 2 aromatic rings. The first-order chi connectivity index (χ1) is 12.8. The number of carbonyl (C=O) groups is 2. The third kappa shape index (κ3) is 2.73. The van der Waals surface area contributed by atoms with Crippen molar-refractivity contribution in [2.45, 2.75) is 19.0 Å². The molecule has 6 nitrogen and oxygen atoms in total. The maximum Gasteiger partial charge on any atom is 0.320 e. The fourth-order valence-electron chi connectivity index (χ4n) is 3.65. The summed E-state index contributed by atoms with van der Waals surface area (Å²) in [6, 6.07) is 10.4. The number of phenols is 1. The molecule has 0 aromatic heterocycles. The normalized spacial score (nSPS) is 21.3. The lowest BCUT2D eigenvalue weighted by Crippen LogP contribution is -2.49. The van der Waals surface area contributed by atoms with E-state index in [4.69, 9.17) is 11.6 Å². The van der Waals surface area contributed by atoms with Gasteiger partial charge >= 0.3 is 6.03 Å². The Morgan fingerprint density at radius 3 is 2.59 bits per heavy atom. The number of rotatable bonds is 3. The van der Waals surface area contributed by atoms with E-state index in [1.807, 2.05) is 31.2 Å². The first kappa shape index (κ1) is 17.4. The molecule has 27 heavy (non-hydrogen) atoms. The maximum atomic E-state index is 12.9. The first-order valence-corrected chi connectivity index (χ1v) is 8.84. The molecule has 2 aromatic carbocycles. The SMILES string of the molecule is C=C1NC(=O)NC1(CN1Cc2cc(O)c(Cl)cc2C1=O)c1ccc(C)cc1. The number of halogens is 1. The van der Waals surface area contributed by atoms with Gasteiger partial charge in [0.25, 0.3) is 5.91 Å². The molecule has 1 unspecified atom stereocenters. The molecule has 0 radical (unpaired) electrons. The van der Waals surface area contributed by atoms with Crippen LogP contribution in [0.25, 0.3) is 0 Å². The van der Waals surface area contributed by atoms with Crippen molar-refractivity contribution in [3.05, 3.63) is 76.0 Å². The summed E-state index contributed by atoms with van der Waals surface area (Å²) >= 11 is 5.95. The fourth-order valence-corrected chi connectivity index (χ4v) is 3.82. The van der Waals surface area contributed by atoms with Crippen LogP contribution >= 0.6 is 11.6 Å². The summed E-state index contributed by atoms with van der Waals surface area (Å²) in [6.45, 7) is 6.51. The molecule has 1 fully saturated rings. The van der Waals surface area contributed by atoms with Crippen LogP contribution in [-0.4, -0.2) is 28.5 Å². The highest BCUT2D eigenvalue weighted by molar-refractivity contribution is 6.32. The smallest absolute Gasteiger partial charge is 0.320 e. The second-order valence-corrected chi connectivity index (χ2v) is 7.36. The maximum absolute atomic E-state index is 12.9. The van der Waals surface area contributed by atoms with E-state index in [9.17, 15) is 14.7 Å². The highest BCUT2D eigenvalue weighted by Gasteiger charge is 2.46. The van der Waals surface area contributed by atoms with Crippen molar-refractivity contribution in [2.75, 3.05) is 6.54 Å². The van der Waals surface area contributed by atoms with Gasteiger partial charge < -0.3 is 20.6 Å². The topological polar surface area (TPSA) is 81.7 Å². The van der Waals surface area contributed by atoms with Crippen LogP contribution in [0.4, 0.5) is 4.79 Å². The molecule has 3 N–H and O–H groups in total. The van der Waals surface area contributed by atoms with Gasteiger partial charge in [0, 0.05) is 17.8 Å². The monoisotopic (exact) mass is 383 g/mol. The summed E-state index contributed by atoms with van der Waals surface area (Å²) in [4.78, 5) is 26.5. The summed E-state index contributed by atoms with van der Waals surface area (Å²) in [7, 11) is 0. The number of aryl methyl sites for hydroxylation is 1. The Kier molecular flexibility index (Phi) is 3.89. The highest BCUT2D eigenvalue weighted by atomic mass is 35.5. The fraction of sp³-hybridized carbons (Fsp3) is 0.200. The molecule has 0 spiro atoms. The minimum atomic E-state index is -0.936. The van der Waals surface area contributed by atoms with Gasteiger partial charge in [-0.25, -0.2) is 4.79 Å². The molecule has 1 atom stereocenters.